The molecule has 2 N–H and O–H groups in total. The lowest BCUT2D eigenvalue weighted by Gasteiger charge is -2.16. The van der Waals surface area contributed by atoms with Crippen LogP contribution in [0.5, 0.6) is 0 Å². The van der Waals surface area contributed by atoms with Gasteiger partial charge in [0, 0.05) is 31.4 Å². The Bertz CT molecular complexity index is 1080. The fraction of sp³-hybridized carbons (Fsp3) is 0.421. The van der Waals surface area contributed by atoms with Crippen LogP contribution in [0.1, 0.15) is 47.8 Å². The minimum atomic E-state index is -0.476. The molecule has 136 valence electrons. The van der Waals surface area contributed by atoms with Gasteiger partial charge in [0.1, 0.15) is 11.4 Å². The summed E-state index contributed by atoms with van der Waals surface area (Å²) in [6.45, 7) is 1.93. The molecule has 0 spiro atoms. The van der Waals surface area contributed by atoms with Gasteiger partial charge in [-0.25, -0.2) is 4.98 Å². The summed E-state index contributed by atoms with van der Waals surface area (Å²) >= 11 is 0. The first kappa shape index (κ1) is 16.6. The third-order valence-corrected chi connectivity index (χ3v) is 5.69. The number of imidazole rings is 1. The molecule has 2 heterocycles. The van der Waals surface area contributed by atoms with E-state index in [-0.39, 0.29) is 5.56 Å². The Morgan fingerprint density at radius 2 is 1.88 bits per heavy atom. The van der Waals surface area contributed by atoms with Gasteiger partial charge in [-0.15, -0.1) is 0 Å². The molecule has 3 aromatic rings. The number of hydrogen-bond acceptors (Lipinski definition) is 3. The lowest BCUT2D eigenvalue weighted by atomic mass is 10.1. The van der Waals surface area contributed by atoms with E-state index in [2.05, 4.69) is 4.57 Å². The smallest absolute Gasteiger partial charge is 0.277 e. The van der Waals surface area contributed by atoms with Crippen LogP contribution >= 0.6 is 0 Å². The van der Waals surface area contributed by atoms with E-state index in [1.54, 1.807) is 23.9 Å². The Hall–Kier alpha value is -2.83. The van der Waals surface area contributed by atoms with Crippen LogP contribution in [0, 0.1) is 6.92 Å². The minimum absolute atomic E-state index is 0.0605. The zero-order valence-corrected chi connectivity index (χ0v) is 15.3. The normalized spacial score (nSPS) is 15.2. The second kappa shape index (κ2) is 5.86. The van der Waals surface area contributed by atoms with Crippen molar-refractivity contribution >= 4 is 16.9 Å². The maximum Gasteiger partial charge on any atom is 0.277 e. The molecule has 1 aliphatic rings. The molecule has 0 aliphatic heterocycles. The second-order valence-electron chi connectivity index (χ2n) is 7.12. The molecule has 1 fully saturated rings. The maximum atomic E-state index is 12.8. The van der Waals surface area contributed by atoms with Crippen molar-refractivity contribution in [2.45, 2.75) is 38.6 Å². The van der Waals surface area contributed by atoms with Crippen LogP contribution in [0.25, 0.3) is 22.4 Å². The number of carbonyl (C=O) groups excluding carboxylic acids is 1. The molecule has 0 bridgehead atoms. The average molecular weight is 353 g/mol. The van der Waals surface area contributed by atoms with E-state index in [4.69, 9.17) is 10.7 Å². The van der Waals surface area contributed by atoms with Crippen molar-refractivity contribution in [1.82, 2.24) is 18.9 Å². The Kier molecular flexibility index (Phi) is 3.75. The number of nitrogens with two attached hydrogens (primary N) is 1. The largest absolute Gasteiger partial charge is 0.366 e. The second-order valence-corrected chi connectivity index (χ2v) is 7.12. The summed E-state index contributed by atoms with van der Waals surface area (Å²) in [4.78, 5) is 29.2. The predicted molar refractivity (Wildman–Crippen MR) is 100 cm³/mol. The zero-order valence-electron chi connectivity index (χ0n) is 15.3. The van der Waals surface area contributed by atoms with E-state index >= 15 is 0 Å². The molecule has 4 rings (SSSR count). The molecule has 7 heteroatoms. The molecule has 0 atom stereocenters. The molecule has 0 radical (unpaired) electrons. The minimum Gasteiger partial charge on any atom is -0.366 e. The molecule has 1 amide bonds. The van der Waals surface area contributed by atoms with Crippen LogP contribution in [0.15, 0.2) is 23.0 Å². The molecule has 1 aliphatic carbocycles. The van der Waals surface area contributed by atoms with Crippen LogP contribution in [0.4, 0.5) is 0 Å². The number of nitrogens with zero attached hydrogens (tertiary/aromatic N) is 4. The summed E-state index contributed by atoms with van der Waals surface area (Å²) < 4.78 is 5.62. The first-order valence-electron chi connectivity index (χ1n) is 8.95. The zero-order chi connectivity index (χ0) is 18.6. The van der Waals surface area contributed by atoms with Crippen molar-refractivity contribution in [1.29, 1.82) is 0 Å². The fourth-order valence-electron chi connectivity index (χ4n) is 4.06. The highest BCUT2D eigenvalue weighted by Crippen LogP contribution is 2.37. The van der Waals surface area contributed by atoms with Crippen LogP contribution in [0.2, 0.25) is 0 Å². The van der Waals surface area contributed by atoms with Gasteiger partial charge >= 0.3 is 0 Å². The van der Waals surface area contributed by atoms with Crippen molar-refractivity contribution in [3.63, 3.8) is 0 Å². The van der Waals surface area contributed by atoms with Gasteiger partial charge in [0.15, 0.2) is 0 Å². The Morgan fingerprint density at radius 3 is 2.46 bits per heavy atom. The molecule has 1 saturated carbocycles. The topological polar surface area (TPSA) is 87.8 Å². The molecule has 26 heavy (non-hydrogen) atoms. The molecule has 7 nitrogen and oxygen atoms in total. The van der Waals surface area contributed by atoms with Gasteiger partial charge in [-0.3, -0.25) is 19.0 Å². The quantitative estimate of drug-likeness (QED) is 0.783. The van der Waals surface area contributed by atoms with Crippen molar-refractivity contribution in [3.05, 3.63) is 39.8 Å². The van der Waals surface area contributed by atoms with E-state index in [0.29, 0.717) is 28.5 Å². The lowest BCUT2D eigenvalue weighted by Crippen LogP contribution is -2.18. The van der Waals surface area contributed by atoms with Crippen molar-refractivity contribution in [2.24, 2.45) is 19.8 Å². The van der Waals surface area contributed by atoms with Gasteiger partial charge in [-0.05, 0) is 38.0 Å². The summed E-state index contributed by atoms with van der Waals surface area (Å²) in [5.41, 5.74) is 8.94. The summed E-state index contributed by atoms with van der Waals surface area (Å²) in [6, 6.07) is 5.67. The molecular formula is C19H23N5O2. The number of aromatic nitrogens is 4. The number of amides is 1. The number of hydrogen-bond donors (Lipinski definition) is 1. The van der Waals surface area contributed by atoms with Crippen molar-refractivity contribution in [3.8, 4) is 11.4 Å². The number of benzene rings is 1. The molecule has 1 aromatic carbocycles. The third-order valence-electron chi connectivity index (χ3n) is 5.69. The van der Waals surface area contributed by atoms with Gasteiger partial charge in [-0.2, -0.15) is 0 Å². The van der Waals surface area contributed by atoms with E-state index in [1.165, 1.54) is 12.8 Å². The highest BCUT2D eigenvalue weighted by molar-refractivity contribution is 5.96. The number of carbonyl (C=O) groups is 1. The Balaban J connectivity index is 2.05. The molecule has 2 aromatic heterocycles. The fourth-order valence-corrected chi connectivity index (χ4v) is 4.06. The number of primary amides is 1. The maximum absolute atomic E-state index is 12.8. The highest BCUT2D eigenvalue weighted by atomic mass is 16.1. The third kappa shape index (κ3) is 2.30. The van der Waals surface area contributed by atoms with E-state index in [1.807, 2.05) is 24.7 Å². The summed E-state index contributed by atoms with van der Waals surface area (Å²) in [5.74, 6) is 0.211. The highest BCUT2D eigenvalue weighted by Gasteiger charge is 2.27. The molecule has 0 saturated heterocycles. The van der Waals surface area contributed by atoms with Crippen LogP contribution in [-0.2, 0) is 14.1 Å². The summed E-state index contributed by atoms with van der Waals surface area (Å²) in [7, 11) is 3.63. The van der Waals surface area contributed by atoms with E-state index in [9.17, 15) is 9.59 Å². The van der Waals surface area contributed by atoms with Crippen LogP contribution < -0.4 is 11.3 Å². The van der Waals surface area contributed by atoms with Gasteiger partial charge in [0.25, 0.3) is 5.56 Å². The van der Waals surface area contributed by atoms with Crippen molar-refractivity contribution in [2.75, 3.05) is 0 Å². The van der Waals surface area contributed by atoms with Crippen LogP contribution in [-0.4, -0.2) is 24.8 Å². The molecule has 0 unspecified atom stereocenters. The summed E-state index contributed by atoms with van der Waals surface area (Å²) in [5, 5.41) is 0. The standard InChI is InChI=1S/C19H23N5O2/c1-11-16(19(26)23(3)22(11)2)18-21-14-10-12(17(20)25)8-9-15(14)24(18)13-6-4-5-7-13/h8-10,13H,4-7H2,1-3H3,(H2,20,25). The first-order chi connectivity index (χ1) is 12.4. The number of rotatable bonds is 3. The average Bonchev–Trinajstić information content (AvgIpc) is 3.30. The Labute approximate surface area is 151 Å². The monoisotopic (exact) mass is 353 g/mol. The number of fused-ring (bicyclic) bond motifs is 1. The lowest BCUT2D eigenvalue weighted by molar-refractivity contribution is 0.100. The Morgan fingerprint density at radius 1 is 1.19 bits per heavy atom. The van der Waals surface area contributed by atoms with E-state index in [0.717, 1.165) is 24.1 Å². The predicted octanol–water partition coefficient (Wildman–Crippen LogP) is 2.26. The van der Waals surface area contributed by atoms with E-state index < -0.39 is 5.91 Å². The SMILES string of the molecule is Cc1c(-c2nc3cc(C(N)=O)ccc3n2C2CCCC2)c(=O)n(C)n1C. The first-order valence-corrected chi connectivity index (χ1v) is 8.95. The van der Waals surface area contributed by atoms with Crippen molar-refractivity contribution < 1.29 is 4.79 Å². The van der Waals surface area contributed by atoms with Gasteiger partial charge < -0.3 is 10.3 Å². The summed E-state index contributed by atoms with van der Waals surface area (Å²) in [6.07, 6.45) is 4.49. The van der Waals surface area contributed by atoms with Crippen LogP contribution in [0.3, 0.4) is 0 Å². The van der Waals surface area contributed by atoms with Gasteiger partial charge in [0.2, 0.25) is 5.91 Å². The van der Waals surface area contributed by atoms with Gasteiger partial charge in [-0.1, -0.05) is 12.8 Å². The van der Waals surface area contributed by atoms with Gasteiger partial charge in [0.05, 0.1) is 11.0 Å². The molecular weight excluding hydrogens is 330 g/mol.